The van der Waals surface area contributed by atoms with Gasteiger partial charge >= 0.3 is 5.97 Å². The fourth-order valence-electron chi connectivity index (χ4n) is 5.52. The van der Waals surface area contributed by atoms with E-state index in [0.717, 1.165) is 36.4 Å². The van der Waals surface area contributed by atoms with Crippen LogP contribution in [0.1, 0.15) is 13.3 Å². The number of rotatable bonds is 16. The molecule has 0 aliphatic rings. The Labute approximate surface area is 356 Å². The van der Waals surface area contributed by atoms with Gasteiger partial charge in [0, 0.05) is 16.5 Å². The molecule has 328 valence electrons. The summed E-state index contributed by atoms with van der Waals surface area (Å²) in [4.78, 5) is 22.0. The maximum absolute atomic E-state index is 12.5. The molecule has 6 aromatic rings. The lowest BCUT2D eigenvalue weighted by atomic mass is 10.1. The number of benzene rings is 5. The maximum Gasteiger partial charge on any atom is 0.326 e. The van der Waals surface area contributed by atoms with E-state index in [0.29, 0.717) is 5.69 Å². The predicted octanol–water partition coefficient (Wildman–Crippen LogP) is 6.60. The summed E-state index contributed by atoms with van der Waals surface area (Å²) in [5.41, 5.74) is 0.0790. The van der Waals surface area contributed by atoms with Crippen molar-refractivity contribution < 1.29 is 61.8 Å². The van der Waals surface area contributed by atoms with Gasteiger partial charge in [-0.05, 0) is 91.3 Å². The van der Waals surface area contributed by atoms with E-state index in [2.05, 4.69) is 51.4 Å². The van der Waals surface area contributed by atoms with Crippen molar-refractivity contribution in [1.29, 1.82) is 0 Å². The van der Waals surface area contributed by atoms with Gasteiger partial charge in [0.1, 0.15) is 20.7 Å². The van der Waals surface area contributed by atoms with Crippen molar-refractivity contribution in [3.8, 4) is 0 Å². The first kappa shape index (κ1) is 45.6. The zero-order chi connectivity index (χ0) is 45.9. The van der Waals surface area contributed by atoms with Gasteiger partial charge in [-0.2, -0.15) is 69.1 Å². The van der Waals surface area contributed by atoms with Crippen LogP contribution in [0.15, 0.2) is 137 Å². The van der Waals surface area contributed by atoms with Crippen LogP contribution >= 0.6 is 0 Å². The zero-order valence-electron chi connectivity index (χ0n) is 31.7. The molecule has 0 saturated heterocycles. The number of anilines is 5. The second-order valence-electron chi connectivity index (χ2n) is 12.8. The number of nitrogens with zero attached hydrogens (tertiary/aromatic N) is 7. The standard InChI is InChI=1S/C35H30N10O14S4/c1-2-27(32(46)47)37-34-39-33(40-35(41-34)38-28-15-12-22(17-31(28)63(57,58)59)44-42-21-10-13-24(14-11-21)60(48,49)50)36-19-6-8-20(9-7-19)43-45-23-16-26-25(30(18-23)62(54,55)56)4-3-5-29(26)61(51,52)53/h3-18,27H,2H2,1H3,(H,46,47)(H,48,49,50)(H,51,52,53)(H,54,55,56)(H,57,58,59)(H3,36,37,38,39,40,41). The Bertz CT molecular complexity index is 3280. The number of aliphatic carboxylic acids is 1. The van der Waals surface area contributed by atoms with Crippen LogP contribution in [0.25, 0.3) is 10.8 Å². The normalized spacial score (nSPS) is 13.0. The number of nitrogens with one attached hydrogen (secondary N) is 3. The van der Waals surface area contributed by atoms with E-state index < -0.39 is 72.1 Å². The van der Waals surface area contributed by atoms with E-state index in [1.807, 2.05) is 0 Å². The van der Waals surface area contributed by atoms with E-state index in [-0.39, 0.29) is 63.5 Å². The molecular weight excluding hydrogens is 913 g/mol. The van der Waals surface area contributed by atoms with Crippen molar-refractivity contribution in [3.05, 3.63) is 97.1 Å². The number of hydrogen-bond donors (Lipinski definition) is 8. The van der Waals surface area contributed by atoms with Gasteiger partial charge in [-0.15, -0.1) is 0 Å². The van der Waals surface area contributed by atoms with Crippen LogP contribution in [-0.2, 0) is 45.3 Å². The summed E-state index contributed by atoms with van der Waals surface area (Å²) in [7, 11) is -19.2. The topological polar surface area (TPSA) is 379 Å². The Morgan fingerprint density at radius 1 is 0.556 bits per heavy atom. The number of carboxylic acid groups (broad SMARTS) is 1. The largest absolute Gasteiger partial charge is 0.480 e. The molecule has 1 aromatic heterocycles. The number of carboxylic acids is 1. The first-order chi connectivity index (χ1) is 29.5. The number of fused-ring (bicyclic) bond motifs is 1. The third-order valence-corrected chi connectivity index (χ3v) is 12.0. The highest BCUT2D eigenvalue weighted by molar-refractivity contribution is 7.87. The van der Waals surface area contributed by atoms with E-state index in [9.17, 15) is 57.2 Å². The molecule has 63 heavy (non-hydrogen) atoms. The first-order valence-electron chi connectivity index (χ1n) is 17.4. The average Bonchev–Trinajstić information content (AvgIpc) is 3.20. The Hall–Kier alpha value is -6.92. The van der Waals surface area contributed by atoms with Crippen LogP contribution in [0, 0.1) is 0 Å². The fraction of sp³-hybridized carbons (Fsp3) is 0.0857. The van der Waals surface area contributed by atoms with Gasteiger partial charge in [0.05, 0.1) is 33.3 Å². The molecule has 0 aliphatic heterocycles. The smallest absolute Gasteiger partial charge is 0.326 e. The van der Waals surface area contributed by atoms with E-state index in [1.165, 1.54) is 60.7 Å². The van der Waals surface area contributed by atoms with Crippen LogP contribution in [0.5, 0.6) is 0 Å². The van der Waals surface area contributed by atoms with Crippen LogP contribution in [0.4, 0.5) is 52.0 Å². The van der Waals surface area contributed by atoms with Crippen molar-refractivity contribution in [2.45, 2.75) is 39.0 Å². The van der Waals surface area contributed by atoms with Gasteiger partial charge in [-0.3, -0.25) is 18.2 Å². The molecule has 1 heterocycles. The third kappa shape index (κ3) is 11.5. The summed E-state index contributed by atoms with van der Waals surface area (Å²) in [5, 5.41) is 33.2. The molecule has 28 heteroatoms. The summed E-state index contributed by atoms with van der Waals surface area (Å²) >= 11 is 0. The van der Waals surface area contributed by atoms with Crippen molar-refractivity contribution in [1.82, 2.24) is 15.0 Å². The first-order valence-corrected chi connectivity index (χ1v) is 23.2. The summed E-state index contributed by atoms with van der Waals surface area (Å²) in [6, 6.07) is 18.2. The summed E-state index contributed by atoms with van der Waals surface area (Å²) in [6.07, 6.45) is 0.0915. The summed E-state index contributed by atoms with van der Waals surface area (Å²) in [5.74, 6) is -2.05. The van der Waals surface area contributed by atoms with Gasteiger partial charge in [-0.1, -0.05) is 19.1 Å². The molecule has 0 amide bonds. The van der Waals surface area contributed by atoms with Gasteiger partial charge in [-0.25, -0.2) is 4.79 Å². The highest BCUT2D eigenvalue weighted by atomic mass is 32.2. The van der Waals surface area contributed by atoms with Crippen molar-refractivity contribution in [2.24, 2.45) is 20.5 Å². The molecule has 1 atom stereocenters. The number of aromatic nitrogens is 3. The molecule has 0 aliphatic carbocycles. The predicted molar refractivity (Wildman–Crippen MR) is 223 cm³/mol. The second kappa shape index (κ2) is 17.8. The average molecular weight is 943 g/mol. The molecule has 0 saturated carbocycles. The minimum atomic E-state index is -4.96. The Morgan fingerprint density at radius 2 is 1.06 bits per heavy atom. The van der Waals surface area contributed by atoms with Crippen LogP contribution in [0.3, 0.4) is 0 Å². The highest BCUT2D eigenvalue weighted by Gasteiger charge is 2.23. The zero-order valence-corrected chi connectivity index (χ0v) is 35.0. The van der Waals surface area contributed by atoms with Gasteiger partial charge < -0.3 is 21.1 Å². The molecule has 0 radical (unpaired) electrons. The molecule has 8 N–H and O–H groups in total. The Kier molecular flexibility index (Phi) is 12.9. The third-order valence-electron chi connectivity index (χ3n) is 8.41. The number of hydrogen-bond acceptors (Lipinski definition) is 19. The molecule has 5 aromatic carbocycles. The number of carbonyl (C=O) groups is 1. The van der Waals surface area contributed by atoms with Gasteiger partial charge in [0.15, 0.2) is 0 Å². The lowest BCUT2D eigenvalue weighted by molar-refractivity contribution is -0.138. The molecule has 24 nitrogen and oxygen atoms in total. The lowest BCUT2D eigenvalue weighted by Crippen LogP contribution is -2.29. The molecule has 6 rings (SSSR count). The molecule has 0 bridgehead atoms. The molecular formula is C35H30N10O14S4. The van der Waals surface area contributed by atoms with Crippen LogP contribution in [-0.4, -0.2) is 84.0 Å². The quantitative estimate of drug-likeness (QED) is 0.0374. The second-order valence-corrected chi connectivity index (χ2v) is 18.4. The van der Waals surface area contributed by atoms with Crippen molar-refractivity contribution in [3.63, 3.8) is 0 Å². The minimum Gasteiger partial charge on any atom is -0.480 e. The van der Waals surface area contributed by atoms with Crippen molar-refractivity contribution in [2.75, 3.05) is 16.0 Å². The highest BCUT2D eigenvalue weighted by Crippen LogP contribution is 2.35. The molecule has 0 fully saturated rings. The van der Waals surface area contributed by atoms with Gasteiger partial charge in [0.25, 0.3) is 40.5 Å². The molecule has 1 unspecified atom stereocenters. The number of azo groups is 2. The Balaban J connectivity index is 1.28. The Morgan fingerprint density at radius 3 is 1.62 bits per heavy atom. The SMILES string of the molecule is CCC(Nc1nc(Nc2ccc(N=Nc3cc(S(=O)(=O)O)c4cccc(S(=O)(=O)O)c4c3)cc2)nc(Nc2ccc(N=Nc3ccc(S(=O)(=O)O)cc3)cc2S(=O)(=O)O)n1)C(=O)O. The molecule has 0 spiro atoms. The van der Waals surface area contributed by atoms with Crippen LogP contribution in [0.2, 0.25) is 0 Å². The monoisotopic (exact) mass is 942 g/mol. The summed E-state index contributed by atoms with van der Waals surface area (Å²) < 4.78 is 135. The van der Waals surface area contributed by atoms with E-state index >= 15 is 0 Å². The lowest BCUT2D eigenvalue weighted by Gasteiger charge is -2.15. The summed E-state index contributed by atoms with van der Waals surface area (Å²) in [6.45, 7) is 1.58. The maximum atomic E-state index is 12.5. The fourth-order valence-corrected chi connectivity index (χ4v) is 8.09. The van der Waals surface area contributed by atoms with Crippen molar-refractivity contribution >= 4 is 109 Å². The van der Waals surface area contributed by atoms with Gasteiger partial charge in [0.2, 0.25) is 17.8 Å². The minimum absolute atomic E-state index is 0.0750. The van der Waals surface area contributed by atoms with E-state index in [4.69, 9.17) is 4.55 Å². The van der Waals surface area contributed by atoms with Crippen LogP contribution < -0.4 is 16.0 Å². The van der Waals surface area contributed by atoms with E-state index in [1.54, 1.807) is 6.92 Å².